The molecule has 1 aromatic carbocycles. The first kappa shape index (κ1) is 16.5. The van der Waals surface area contributed by atoms with E-state index in [4.69, 9.17) is 5.73 Å². The minimum absolute atomic E-state index is 0.106. The molecule has 0 heterocycles. The molecule has 1 atom stereocenters. The number of nitrogens with two attached hydrogens (primary N) is 1. The SMILES string of the molecule is COC(=O)CC[C@@H](NC(=O)c1cccc(F)c1F)C(N)=O. The lowest BCUT2D eigenvalue weighted by Gasteiger charge is -2.15. The smallest absolute Gasteiger partial charge is 0.305 e. The summed E-state index contributed by atoms with van der Waals surface area (Å²) in [6.07, 6.45) is -0.263. The number of ether oxygens (including phenoxy) is 1. The third kappa shape index (κ3) is 4.51. The number of methoxy groups -OCH3 is 1. The first-order valence-electron chi connectivity index (χ1n) is 5.97. The first-order chi connectivity index (χ1) is 9.86. The van der Waals surface area contributed by atoms with Crippen molar-refractivity contribution < 1.29 is 27.9 Å². The van der Waals surface area contributed by atoms with Crippen molar-refractivity contribution in [2.24, 2.45) is 5.73 Å². The number of esters is 1. The van der Waals surface area contributed by atoms with Crippen molar-refractivity contribution >= 4 is 17.8 Å². The van der Waals surface area contributed by atoms with Crippen LogP contribution in [0.2, 0.25) is 0 Å². The van der Waals surface area contributed by atoms with Crippen LogP contribution in [0.15, 0.2) is 18.2 Å². The molecule has 3 N–H and O–H groups in total. The molecule has 0 saturated heterocycles. The van der Waals surface area contributed by atoms with Crippen LogP contribution in [-0.4, -0.2) is 30.9 Å². The fourth-order valence-electron chi connectivity index (χ4n) is 1.56. The minimum atomic E-state index is -1.33. The number of amides is 2. The highest BCUT2D eigenvalue weighted by atomic mass is 19.2. The Hall–Kier alpha value is -2.51. The number of nitrogens with one attached hydrogen (secondary N) is 1. The predicted octanol–water partition coefficient (Wildman–Crippen LogP) is 0.502. The van der Waals surface area contributed by atoms with Gasteiger partial charge in [-0.05, 0) is 18.6 Å². The van der Waals surface area contributed by atoms with E-state index in [-0.39, 0.29) is 12.8 Å². The molecule has 114 valence electrons. The van der Waals surface area contributed by atoms with Gasteiger partial charge in [0.1, 0.15) is 6.04 Å². The Labute approximate surface area is 119 Å². The highest BCUT2D eigenvalue weighted by Gasteiger charge is 2.22. The fourth-order valence-corrected chi connectivity index (χ4v) is 1.56. The average molecular weight is 300 g/mol. The third-order valence-electron chi connectivity index (χ3n) is 2.71. The molecule has 6 nitrogen and oxygen atoms in total. The summed E-state index contributed by atoms with van der Waals surface area (Å²) in [6.45, 7) is 0. The van der Waals surface area contributed by atoms with Crippen LogP contribution in [-0.2, 0) is 14.3 Å². The molecule has 0 saturated carbocycles. The summed E-state index contributed by atoms with van der Waals surface area (Å²) in [5.41, 5.74) is 4.53. The molecule has 0 radical (unpaired) electrons. The Bertz CT molecular complexity index is 563. The third-order valence-corrected chi connectivity index (χ3v) is 2.71. The molecule has 0 aliphatic heterocycles. The number of hydrogen-bond acceptors (Lipinski definition) is 4. The molecule has 1 aromatic rings. The van der Waals surface area contributed by atoms with E-state index in [1.807, 2.05) is 0 Å². The molecule has 0 aliphatic carbocycles. The van der Waals surface area contributed by atoms with E-state index in [2.05, 4.69) is 10.1 Å². The minimum Gasteiger partial charge on any atom is -0.469 e. The van der Waals surface area contributed by atoms with E-state index in [0.717, 1.165) is 18.2 Å². The number of hydrogen-bond donors (Lipinski definition) is 2. The van der Waals surface area contributed by atoms with Gasteiger partial charge in [-0.15, -0.1) is 0 Å². The predicted molar refractivity (Wildman–Crippen MR) is 68.1 cm³/mol. The number of halogens is 2. The van der Waals surface area contributed by atoms with Gasteiger partial charge in [0.2, 0.25) is 5.91 Å². The molecule has 8 heteroatoms. The summed E-state index contributed by atoms with van der Waals surface area (Å²) in [7, 11) is 1.17. The van der Waals surface area contributed by atoms with E-state index in [1.165, 1.54) is 7.11 Å². The van der Waals surface area contributed by atoms with E-state index in [9.17, 15) is 23.2 Å². The average Bonchev–Trinajstić information content (AvgIpc) is 2.45. The lowest BCUT2D eigenvalue weighted by atomic mass is 10.1. The van der Waals surface area contributed by atoms with Crippen molar-refractivity contribution in [3.05, 3.63) is 35.4 Å². The second-order valence-corrected chi connectivity index (χ2v) is 4.14. The number of rotatable bonds is 6. The molecule has 1 rings (SSSR count). The highest BCUT2D eigenvalue weighted by molar-refractivity contribution is 5.97. The lowest BCUT2D eigenvalue weighted by molar-refractivity contribution is -0.140. The van der Waals surface area contributed by atoms with Crippen LogP contribution in [0.5, 0.6) is 0 Å². The number of carbonyl (C=O) groups is 3. The maximum atomic E-state index is 13.4. The van der Waals surface area contributed by atoms with Gasteiger partial charge in [-0.2, -0.15) is 0 Å². The van der Waals surface area contributed by atoms with Crippen LogP contribution >= 0.6 is 0 Å². The summed E-state index contributed by atoms with van der Waals surface area (Å²) in [5.74, 6) is -5.00. The Balaban J connectivity index is 2.79. The van der Waals surface area contributed by atoms with Gasteiger partial charge in [0.25, 0.3) is 5.91 Å². The largest absolute Gasteiger partial charge is 0.469 e. The zero-order chi connectivity index (χ0) is 16.0. The number of primary amides is 1. The van der Waals surface area contributed by atoms with Crippen molar-refractivity contribution in [2.75, 3.05) is 7.11 Å². The second-order valence-electron chi connectivity index (χ2n) is 4.14. The van der Waals surface area contributed by atoms with Gasteiger partial charge in [0, 0.05) is 6.42 Å². The molecule has 0 fully saturated rings. The Kier molecular flexibility index (Phi) is 5.77. The van der Waals surface area contributed by atoms with Gasteiger partial charge in [0.15, 0.2) is 11.6 Å². The summed E-state index contributed by atoms with van der Waals surface area (Å²) >= 11 is 0. The molecule has 2 amide bonds. The van der Waals surface area contributed by atoms with Gasteiger partial charge in [-0.1, -0.05) is 6.07 Å². The molecule has 0 aromatic heterocycles. The summed E-state index contributed by atoms with van der Waals surface area (Å²) in [5, 5.41) is 2.15. The van der Waals surface area contributed by atoms with Crippen molar-refractivity contribution in [3.63, 3.8) is 0 Å². The first-order valence-corrected chi connectivity index (χ1v) is 5.97. The van der Waals surface area contributed by atoms with Gasteiger partial charge < -0.3 is 15.8 Å². The molecular weight excluding hydrogens is 286 g/mol. The maximum absolute atomic E-state index is 13.4. The van der Waals surface area contributed by atoms with Crippen molar-refractivity contribution in [3.8, 4) is 0 Å². The molecule has 0 spiro atoms. The summed E-state index contributed by atoms with van der Waals surface area (Å²) < 4.78 is 30.9. The van der Waals surface area contributed by atoms with Crippen LogP contribution < -0.4 is 11.1 Å². The van der Waals surface area contributed by atoms with Gasteiger partial charge in [-0.3, -0.25) is 14.4 Å². The van der Waals surface area contributed by atoms with Crippen LogP contribution in [0.3, 0.4) is 0 Å². The zero-order valence-electron chi connectivity index (χ0n) is 11.2. The van der Waals surface area contributed by atoms with Crippen LogP contribution in [0.4, 0.5) is 8.78 Å². The number of benzene rings is 1. The van der Waals surface area contributed by atoms with Gasteiger partial charge in [-0.25, -0.2) is 8.78 Å². The molecule has 0 unspecified atom stereocenters. The summed E-state index contributed by atoms with van der Waals surface area (Å²) in [6, 6.07) is 1.88. The van der Waals surface area contributed by atoms with Crippen molar-refractivity contribution in [2.45, 2.75) is 18.9 Å². The Morgan fingerprint density at radius 3 is 2.57 bits per heavy atom. The number of carbonyl (C=O) groups excluding carboxylic acids is 3. The topological polar surface area (TPSA) is 98.5 Å². The Morgan fingerprint density at radius 2 is 2.00 bits per heavy atom. The normalized spacial score (nSPS) is 11.6. The summed E-state index contributed by atoms with van der Waals surface area (Å²) in [4.78, 5) is 34.0. The van der Waals surface area contributed by atoms with E-state index in [0.29, 0.717) is 0 Å². The van der Waals surface area contributed by atoms with Gasteiger partial charge >= 0.3 is 5.97 Å². The molecule has 21 heavy (non-hydrogen) atoms. The van der Waals surface area contributed by atoms with Crippen LogP contribution in [0.25, 0.3) is 0 Å². The molecular formula is C13H14F2N2O4. The molecule has 0 aliphatic rings. The van der Waals surface area contributed by atoms with E-state index >= 15 is 0 Å². The van der Waals surface area contributed by atoms with Gasteiger partial charge in [0.05, 0.1) is 12.7 Å². The highest BCUT2D eigenvalue weighted by Crippen LogP contribution is 2.12. The zero-order valence-corrected chi connectivity index (χ0v) is 11.2. The lowest BCUT2D eigenvalue weighted by Crippen LogP contribution is -2.45. The quantitative estimate of drug-likeness (QED) is 0.747. The van der Waals surface area contributed by atoms with Crippen molar-refractivity contribution in [1.82, 2.24) is 5.32 Å². The van der Waals surface area contributed by atoms with Crippen LogP contribution in [0, 0.1) is 11.6 Å². The van der Waals surface area contributed by atoms with E-state index in [1.54, 1.807) is 0 Å². The standard InChI is InChI=1S/C13H14F2N2O4/c1-21-10(18)6-5-9(12(16)19)17-13(20)7-3-2-4-8(14)11(7)15/h2-4,9H,5-6H2,1H3,(H2,16,19)(H,17,20)/t9-/m1/s1. The Morgan fingerprint density at radius 1 is 1.33 bits per heavy atom. The van der Waals surface area contributed by atoms with E-state index < -0.39 is 41.0 Å². The van der Waals surface area contributed by atoms with Crippen molar-refractivity contribution in [1.29, 1.82) is 0 Å². The second kappa shape index (κ2) is 7.32. The monoisotopic (exact) mass is 300 g/mol. The fraction of sp³-hybridized carbons (Fsp3) is 0.308. The van der Waals surface area contributed by atoms with Crippen LogP contribution in [0.1, 0.15) is 23.2 Å². The molecule has 0 bridgehead atoms. The maximum Gasteiger partial charge on any atom is 0.305 e.